The molecule has 1 saturated carbocycles. The monoisotopic (exact) mass is 573 g/mol. The second kappa shape index (κ2) is 12.2. The summed E-state index contributed by atoms with van der Waals surface area (Å²) in [5.41, 5.74) is 3.02. The van der Waals surface area contributed by atoms with E-state index >= 15 is 0 Å². The minimum absolute atomic E-state index is 0.0238. The predicted octanol–water partition coefficient (Wildman–Crippen LogP) is 3.95. The van der Waals surface area contributed by atoms with E-state index in [1.165, 1.54) is 0 Å². The Morgan fingerprint density at radius 3 is 2.40 bits per heavy atom. The molecular formula is C33H43N5O4. The lowest BCUT2D eigenvalue weighted by Gasteiger charge is -2.36. The second-order valence-corrected chi connectivity index (χ2v) is 12.6. The third-order valence-electron chi connectivity index (χ3n) is 9.31. The fourth-order valence-electron chi connectivity index (χ4n) is 6.84. The van der Waals surface area contributed by atoms with E-state index in [4.69, 9.17) is 0 Å². The van der Waals surface area contributed by atoms with Gasteiger partial charge in [0.15, 0.2) is 0 Å². The molecule has 2 aromatic carbocycles. The van der Waals surface area contributed by atoms with E-state index in [0.29, 0.717) is 30.6 Å². The summed E-state index contributed by atoms with van der Waals surface area (Å²) in [6.45, 7) is 6.52. The van der Waals surface area contributed by atoms with Gasteiger partial charge in [-0.15, -0.1) is 0 Å². The van der Waals surface area contributed by atoms with Crippen molar-refractivity contribution in [3.8, 4) is 0 Å². The molecule has 3 aliphatic rings. The molecule has 0 radical (unpaired) electrons. The summed E-state index contributed by atoms with van der Waals surface area (Å²) in [7, 11) is 1.60. The maximum absolute atomic E-state index is 13.7. The van der Waals surface area contributed by atoms with Crippen molar-refractivity contribution < 1.29 is 19.2 Å². The fraction of sp³-hybridized carbons (Fsp3) is 0.515. The van der Waals surface area contributed by atoms with Gasteiger partial charge in [0.25, 0.3) is 5.91 Å². The number of anilines is 1. The molecule has 1 aliphatic heterocycles. The molecule has 4 N–H and O–H groups in total. The van der Waals surface area contributed by atoms with Gasteiger partial charge in [0.05, 0.1) is 6.04 Å². The zero-order valence-electron chi connectivity index (χ0n) is 25.1. The quantitative estimate of drug-likeness (QED) is 0.382. The van der Waals surface area contributed by atoms with Gasteiger partial charge in [0, 0.05) is 37.7 Å². The minimum Gasteiger partial charge on any atom is -0.357 e. The van der Waals surface area contributed by atoms with Crippen LogP contribution >= 0.6 is 0 Å². The molecule has 0 aromatic heterocycles. The van der Waals surface area contributed by atoms with Crippen molar-refractivity contribution in [2.45, 2.75) is 83.3 Å². The van der Waals surface area contributed by atoms with Crippen LogP contribution in [-0.4, -0.2) is 59.9 Å². The number of carbonyl (C=O) groups excluding carboxylic acids is 4. The first-order chi connectivity index (χ1) is 20.1. The van der Waals surface area contributed by atoms with E-state index in [9.17, 15) is 19.2 Å². The number of hydrogen-bond donors (Lipinski definition) is 4. The third kappa shape index (κ3) is 5.87. The van der Waals surface area contributed by atoms with Crippen LogP contribution in [0.2, 0.25) is 0 Å². The first-order valence-electron chi connectivity index (χ1n) is 15.2. The Kier molecular flexibility index (Phi) is 8.57. The van der Waals surface area contributed by atoms with Crippen LogP contribution in [0.5, 0.6) is 0 Å². The average Bonchev–Trinajstić information content (AvgIpc) is 3.57. The summed E-state index contributed by atoms with van der Waals surface area (Å²) < 4.78 is 0. The van der Waals surface area contributed by atoms with Crippen molar-refractivity contribution in [2.75, 3.05) is 18.9 Å². The molecule has 2 fully saturated rings. The number of aryl methyl sites for hydroxylation is 1. The van der Waals surface area contributed by atoms with Crippen molar-refractivity contribution in [3.05, 3.63) is 64.7 Å². The van der Waals surface area contributed by atoms with Gasteiger partial charge in [-0.1, -0.05) is 56.9 Å². The number of carbonyl (C=O) groups is 4. The first-order valence-corrected chi connectivity index (χ1v) is 15.2. The summed E-state index contributed by atoms with van der Waals surface area (Å²) in [5, 5.41) is 11.9. The maximum Gasteiger partial charge on any atom is 0.318 e. The van der Waals surface area contributed by atoms with Gasteiger partial charge in [-0.05, 0) is 67.0 Å². The Morgan fingerprint density at radius 2 is 1.74 bits per heavy atom. The number of rotatable bonds is 8. The van der Waals surface area contributed by atoms with Crippen LogP contribution in [0.4, 0.5) is 10.5 Å². The zero-order chi connectivity index (χ0) is 30.0. The lowest BCUT2D eigenvalue weighted by molar-refractivity contribution is -0.130. The molecule has 1 saturated heterocycles. The van der Waals surface area contributed by atoms with Crippen LogP contribution in [0.3, 0.4) is 0 Å². The van der Waals surface area contributed by atoms with Crippen molar-refractivity contribution in [2.24, 2.45) is 11.8 Å². The summed E-state index contributed by atoms with van der Waals surface area (Å²) in [4.78, 5) is 55.0. The van der Waals surface area contributed by atoms with Gasteiger partial charge in [0.1, 0.15) is 11.6 Å². The number of benzene rings is 2. The predicted molar refractivity (Wildman–Crippen MR) is 162 cm³/mol. The molecule has 0 spiro atoms. The second-order valence-electron chi connectivity index (χ2n) is 12.6. The van der Waals surface area contributed by atoms with Crippen molar-refractivity contribution >= 4 is 29.4 Å². The van der Waals surface area contributed by atoms with E-state index in [0.717, 1.165) is 48.8 Å². The van der Waals surface area contributed by atoms with Crippen molar-refractivity contribution in [3.63, 3.8) is 0 Å². The van der Waals surface area contributed by atoms with Crippen LogP contribution in [0.1, 0.15) is 73.0 Å². The number of urea groups is 1. The van der Waals surface area contributed by atoms with Gasteiger partial charge in [-0.3, -0.25) is 14.4 Å². The minimum atomic E-state index is -1.03. The Labute approximate surface area is 248 Å². The van der Waals surface area contributed by atoms with E-state index in [-0.39, 0.29) is 41.6 Å². The number of nitrogens with one attached hydrogen (secondary N) is 4. The number of hydrogen-bond acceptors (Lipinski definition) is 4. The van der Waals surface area contributed by atoms with Gasteiger partial charge >= 0.3 is 6.03 Å². The average molecular weight is 574 g/mol. The Balaban J connectivity index is 1.35. The highest BCUT2D eigenvalue weighted by atomic mass is 16.2. The lowest BCUT2D eigenvalue weighted by atomic mass is 9.83. The van der Waals surface area contributed by atoms with Crippen LogP contribution in [-0.2, 0) is 22.4 Å². The molecule has 5 amide bonds. The molecule has 1 unspecified atom stereocenters. The Bertz CT molecular complexity index is 1370. The highest BCUT2D eigenvalue weighted by molar-refractivity contribution is 6.01. The zero-order valence-corrected chi connectivity index (χ0v) is 25.1. The molecule has 1 heterocycles. The summed E-state index contributed by atoms with van der Waals surface area (Å²) in [6, 6.07) is 12.2. The summed E-state index contributed by atoms with van der Waals surface area (Å²) >= 11 is 0. The number of nitrogens with zero attached hydrogens (tertiary/aromatic N) is 1. The van der Waals surface area contributed by atoms with Gasteiger partial charge < -0.3 is 26.2 Å². The van der Waals surface area contributed by atoms with E-state index in [1.807, 2.05) is 43.3 Å². The molecule has 9 heteroatoms. The SMILES string of the molecule is CNC(=O)C1(N2C[C@@H](C(C)C)NC2=O)Cc2ccc(NC(=O)[C@@H](NC(=O)c3cccc(C)c3)C3CCCCC3)cc2C1. The molecule has 42 heavy (non-hydrogen) atoms. The largest absolute Gasteiger partial charge is 0.357 e. The smallest absolute Gasteiger partial charge is 0.318 e. The lowest BCUT2D eigenvalue weighted by Crippen LogP contribution is -2.60. The molecule has 2 aromatic rings. The van der Waals surface area contributed by atoms with Crippen molar-refractivity contribution in [1.82, 2.24) is 20.9 Å². The topological polar surface area (TPSA) is 120 Å². The van der Waals surface area contributed by atoms with E-state index in [1.54, 1.807) is 18.0 Å². The van der Waals surface area contributed by atoms with Crippen LogP contribution in [0.25, 0.3) is 0 Å². The van der Waals surface area contributed by atoms with E-state index < -0.39 is 11.6 Å². The van der Waals surface area contributed by atoms with Crippen molar-refractivity contribution in [1.29, 1.82) is 0 Å². The molecule has 0 bridgehead atoms. The fourth-order valence-corrected chi connectivity index (χ4v) is 6.84. The molecule has 5 rings (SSSR count). The molecular weight excluding hydrogens is 530 g/mol. The first kappa shape index (κ1) is 29.6. The summed E-state index contributed by atoms with van der Waals surface area (Å²) in [6.07, 6.45) is 5.77. The maximum atomic E-state index is 13.7. The number of amides is 5. The molecule has 2 aliphatic carbocycles. The van der Waals surface area contributed by atoms with E-state index in [2.05, 4.69) is 35.1 Å². The Hall–Kier alpha value is -3.88. The molecule has 9 nitrogen and oxygen atoms in total. The summed E-state index contributed by atoms with van der Waals surface area (Å²) in [5.74, 6) is -0.380. The normalized spacial score (nSPS) is 22.8. The van der Waals surface area contributed by atoms with Gasteiger partial charge in [0.2, 0.25) is 11.8 Å². The number of likely N-dealkylation sites (N-methyl/N-ethyl adjacent to an activating group) is 1. The van der Waals surface area contributed by atoms with Crippen LogP contribution < -0.4 is 21.3 Å². The highest BCUT2D eigenvalue weighted by Crippen LogP contribution is 2.38. The van der Waals surface area contributed by atoms with Crippen LogP contribution in [0.15, 0.2) is 42.5 Å². The van der Waals surface area contributed by atoms with Gasteiger partial charge in [-0.2, -0.15) is 0 Å². The molecule has 3 atom stereocenters. The molecule has 224 valence electrons. The standard InChI is InChI=1S/C33H43N5O4/c1-20(2)27-19-38(32(42)36-27)33(31(41)34-4)17-24-13-14-26(16-25(24)18-33)35-30(40)28(22-10-6-5-7-11-22)37-29(39)23-12-8-9-21(3)15-23/h8-9,12-16,20,22,27-28H,5-7,10-11,17-19H2,1-4H3,(H,34,41)(H,35,40)(H,36,42)(H,37,39)/t27-,28-,33?/m0/s1. The third-order valence-corrected chi connectivity index (χ3v) is 9.31. The Morgan fingerprint density at radius 1 is 1.00 bits per heavy atom. The van der Waals surface area contributed by atoms with Gasteiger partial charge in [-0.25, -0.2) is 4.79 Å². The number of fused-ring (bicyclic) bond motifs is 1. The highest BCUT2D eigenvalue weighted by Gasteiger charge is 2.53. The van der Waals surface area contributed by atoms with Crippen LogP contribution in [0, 0.1) is 18.8 Å².